The van der Waals surface area contributed by atoms with Gasteiger partial charge in [-0.1, -0.05) is 30.3 Å². The number of aliphatic carboxylic acids is 1. The molecule has 14 heteroatoms. The van der Waals surface area contributed by atoms with Gasteiger partial charge in [0.1, 0.15) is 11.5 Å². The number of nitro groups is 1. The van der Waals surface area contributed by atoms with Crippen molar-refractivity contribution in [2.45, 2.75) is 37.3 Å². The summed E-state index contributed by atoms with van der Waals surface area (Å²) in [5.41, 5.74) is -1.85. The number of carboxylic acids is 1. The van der Waals surface area contributed by atoms with Gasteiger partial charge in [0.25, 0.3) is 5.69 Å². The smallest absolute Gasteiger partial charge is 0.422 e. The maximum absolute atomic E-state index is 15.0. The molecule has 0 bridgehead atoms. The SMILES string of the molecule is COc1cc(/C=C/C(=O)O)cc(OC)c1C(OC)C1CCN(CC(O)(c2cn(Cc3ccccc3)c3cc([N+](=O)[O-])ccc23)C(F)(F)F)CC1. The van der Waals surface area contributed by atoms with Gasteiger partial charge in [0.2, 0.25) is 5.60 Å². The molecule has 50 heavy (non-hydrogen) atoms. The molecule has 5 rings (SSSR count). The van der Waals surface area contributed by atoms with Gasteiger partial charge in [-0.3, -0.25) is 15.0 Å². The highest BCUT2D eigenvalue weighted by Gasteiger charge is 2.57. The summed E-state index contributed by atoms with van der Waals surface area (Å²) in [4.78, 5) is 23.6. The molecular formula is C36H38F3N3O8. The predicted molar refractivity (Wildman–Crippen MR) is 179 cm³/mol. The van der Waals surface area contributed by atoms with Crippen molar-refractivity contribution in [1.29, 1.82) is 0 Å². The van der Waals surface area contributed by atoms with Crippen molar-refractivity contribution in [1.82, 2.24) is 9.47 Å². The number of likely N-dealkylation sites (tertiary alicyclic amines) is 1. The first kappa shape index (κ1) is 36.4. The number of methoxy groups -OCH3 is 3. The Balaban J connectivity index is 1.43. The van der Waals surface area contributed by atoms with Gasteiger partial charge in [-0.05, 0) is 67.3 Å². The maximum atomic E-state index is 15.0. The number of alkyl halides is 3. The number of nitrogens with zero attached hydrogens (tertiary/aromatic N) is 3. The molecule has 1 aliphatic rings. The Labute approximate surface area is 286 Å². The van der Waals surface area contributed by atoms with Crippen LogP contribution >= 0.6 is 0 Å². The maximum Gasteiger partial charge on any atom is 0.422 e. The fourth-order valence-corrected chi connectivity index (χ4v) is 6.75. The topological polar surface area (TPSA) is 137 Å². The molecule has 1 aromatic heterocycles. The number of halogens is 3. The number of rotatable bonds is 13. The van der Waals surface area contributed by atoms with Crippen LogP contribution in [0, 0.1) is 16.0 Å². The molecular weight excluding hydrogens is 659 g/mol. The normalized spacial score (nSPS) is 16.4. The minimum absolute atomic E-state index is 0.0709. The zero-order valence-electron chi connectivity index (χ0n) is 27.7. The van der Waals surface area contributed by atoms with Gasteiger partial charge in [-0.25, -0.2) is 4.79 Å². The van der Waals surface area contributed by atoms with Gasteiger partial charge in [-0.15, -0.1) is 0 Å². The Morgan fingerprint density at radius 1 is 1.04 bits per heavy atom. The van der Waals surface area contributed by atoms with E-state index in [1.807, 2.05) is 0 Å². The van der Waals surface area contributed by atoms with E-state index in [-0.39, 0.29) is 47.7 Å². The van der Waals surface area contributed by atoms with Crippen LogP contribution < -0.4 is 9.47 Å². The number of fused-ring (bicyclic) bond motifs is 1. The molecule has 266 valence electrons. The summed E-state index contributed by atoms with van der Waals surface area (Å²) in [6, 6.07) is 15.9. The van der Waals surface area contributed by atoms with E-state index >= 15 is 13.2 Å². The number of piperidine rings is 1. The van der Waals surface area contributed by atoms with Gasteiger partial charge < -0.3 is 29.0 Å². The molecule has 2 unspecified atom stereocenters. The van der Waals surface area contributed by atoms with Crippen LogP contribution in [0.5, 0.6) is 11.5 Å². The lowest BCUT2D eigenvalue weighted by molar-refractivity contribution is -0.384. The molecule has 0 aliphatic carbocycles. The average Bonchev–Trinajstić information content (AvgIpc) is 3.46. The number of non-ortho nitro benzene ring substituents is 1. The van der Waals surface area contributed by atoms with Crippen LogP contribution in [0.3, 0.4) is 0 Å². The molecule has 4 aromatic rings. The second kappa shape index (κ2) is 14.9. The second-order valence-electron chi connectivity index (χ2n) is 12.3. The lowest BCUT2D eigenvalue weighted by Crippen LogP contribution is -2.52. The molecule has 2 heterocycles. The summed E-state index contributed by atoms with van der Waals surface area (Å²) in [5.74, 6) is -0.468. The molecule has 1 fully saturated rings. The molecule has 2 N–H and O–H groups in total. The van der Waals surface area contributed by atoms with Crippen molar-refractivity contribution >= 4 is 28.6 Å². The quantitative estimate of drug-likeness (QED) is 0.0904. The first-order valence-electron chi connectivity index (χ1n) is 15.8. The van der Waals surface area contributed by atoms with Gasteiger partial charge in [0, 0.05) is 55.6 Å². The van der Waals surface area contributed by atoms with Crippen molar-refractivity contribution in [3.8, 4) is 11.5 Å². The third-order valence-electron chi connectivity index (χ3n) is 9.22. The van der Waals surface area contributed by atoms with E-state index in [2.05, 4.69) is 0 Å². The first-order chi connectivity index (χ1) is 23.8. The van der Waals surface area contributed by atoms with Crippen molar-refractivity contribution in [2.24, 2.45) is 5.92 Å². The number of hydrogen-bond donors (Lipinski definition) is 2. The molecule has 0 amide bonds. The molecule has 2 atom stereocenters. The van der Waals surface area contributed by atoms with Crippen LogP contribution in [-0.2, 0) is 21.7 Å². The highest BCUT2D eigenvalue weighted by molar-refractivity contribution is 5.87. The first-order valence-corrected chi connectivity index (χ1v) is 15.8. The fourth-order valence-electron chi connectivity index (χ4n) is 6.75. The summed E-state index contributed by atoms with van der Waals surface area (Å²) in [6.45, 7) is -0.193. The summed E-state index contributed by atoms with van der Waals surface area (Å²) in [7, 11) is 4.45. The van der Waals surface area contributed by atoms with Crippen LogP contribution in [0.25, 0.3) is 17.0 Å². The zero-order chi connectivity index (χ0) is 36.2. The van der Waals surface area contributed by atoms with Crippen LogP contribution in [0.1, 0.15) is 41.2 Å². The lowest BCUT2D eigenvalue weighted by atomic mass is 9.85. The van der Waals surface area contributed by atoms with Gasteiger partial charge in [-0.2, -0.15) is 13.2 Å². The van der Waals surface area contributed by atoms with Gasteiger partial charge in [0.05, 0.1) is 36.3 Å². The van der Waals surface area contributed by atoms with E-state index in [1.54, 1.807) is 47.4 Å². The Bertz CT molecular complexity index is 1840. The fraction of sp³-hybridized carbons (Fsp3) is 0.361. The molecule has 0 spiro atoms. The largest absolute Gasteiger partial charge is 0.496 e. The number of nitro benzene ring substituents is 1. The van der Waals surface area contributed by atoms with E-state index in [9.17, 15) is 20.0 Å². The molecule has 1 aliphatic heterocycles. The molecule has 0 radical (unpaired) electrons. The Kier molecular flexibility index (Phi) is 10.8. The number of carbonyl (C=O) groups is 1. The number of aromatic nitrogens is 1. The van der Waals surface area contributed by atoms with Crippen LogP contribution in [0.2, 0.25) is 0 Å². The predicted octanol–water partition coefficient (Wildman–Crippen LogP) is 6.56. The third-order valence-corrected chi connectivity index (χ3v) is 9.22. The Morgan fingerprint density at radius 2 is 1.68 bits per heavy atom. The lowest BCUT2D eigenvalue weighted by Gasteiger charge is -2.40. The number of β-amino-alcohol motifs (C(OH)–C–C–N with tert-alkyl or cyclic N) is 1. The third kappa shape index (κ3) is 7.47. The summed E-state index contributed by atoms with van der Waals surface area (Å²) in [5, 5.41) is 32.3. The Morgan fingerprint density at radius 3 is 2.22 bits per heavy atom. The van der Waals surface area contributed by atoms with Crippen molar-refractivity contribution in [3.63, 3.8) is 0 Å². The van der Waals surface area contributed by atoms with Crippen LogP contribution in [0.4, 0.5) is 18.9 Å². The van der Waals surface area contributed by atoms with E-state index in [4.69, 9.17) is 19.3 Å². The average molecular weight is 698 g/mol. The monoisotopic (exact) mass is 697 g/mol. The standard InChI is InChI=1S/C36H38F3N3O8/c1-48-30-17-24(9-12-32(43)44)18-31(49-2)33(30)34(50-3)25-13-15-40(16-14-25)22-35(45,36(37,38)39)28-21-41(20-23-7-5-4-6-8-23)29-19-26(42(46)47)10-11-27(28)29/h4-12,17-19,21,25,34,45H,13-16,20,22H2,1-3H3,(H,43,44)/b12-9+. The highest BCUT2D eigenvalue weighted by atomic mass is 19.4. The minimum atomic E-state index is -5.08. The van der Waals surface area contributed by atoms with Crippen LogP contribution in [0.15, 0.2) is 72.9 Å². The van der Waals surface area contributed by atoms with Gasteiger partial charge >= 0.3 is 12.1 Å². The van der Waals surface area contributed by atoms with E-state index < -0.39 is 35.3 Å². The number of carboxylic acid groups (broad SMARTS) is 1. The van der Waals surface area contributed by atoms with E-state index in [0.29, 0.717) is 35.5 Å². The van der Waals surface area contributed by atoms with Crippen molar-refractivity contribution in [3.05, 3.63) is 105 Å². The van der Waals surface area contributed by atoms with Gasteiger partial charge in [0.15, 0.2) is 0 Å². The molecule has 3 aromatic carbocycles. The summed E-state index contributed by atoms with van der Waals surface area (Å²) in [6.07, 6.45) is -1.17. The Hall–Kier alpha value is -4.92. The van der Waals surface area contributed by atoms with E-state index in [0.717, 1.165) is 17.7 Å². The minimum Gasteiger partial charge on any atom is -0.496 e. The summed E-state index contributed by atoms with van der Waals surface area (Å²) >= 11 is 0. The van der Waals surface area contributed by atoms with Crippen molar-refractivity contribution < 1.29 is 47.3 Å². The summed E-state index contributed by atoms with van der Waals surface area (Å²) < 4.78 is 63.7. The molecule has 0 saturated carbocycles. The zero-order valence-corrected chi connectivity index (χ0v) is 27.7. The molecule has 1 saturated heterocycles. The van der Waals surface area contributed by atoms with E-state index in [1.165, 1.54) is 50.3 Å². The van der Waals surface area contributed by atoms with Crippen molar-refractivity contribution in [2.75, 3.05) is 41.0 Å². The number of aliphatic hydroxyl groups is 1. The number of ether oxygens (including phenoxy) is 3. The highest BCUT2D eigenvalue weighted by Crippen LogP contribution is 2.46. The number of hydrogen-bond acceptors (Lipinski definition) is 8. The number of benzene rings is 3. The van der Waals surface area contributed by atoms with Crippen LogP contribution in [-0.4, -0.2) is 77.7 Å². The molecule has 11 nitrogen and oxygen atoms in total. The second-order valence-corrected chi connectivity index (χ2v) is 12.3.